The van der Waals surface area contributed by atoms with Crippen LogP contribution in [0.15, 0.2) is 48.7 Å². The molecule has 0 aliphatic heterocycles. The van der Waals surface area contributed by atoms with E-state index in [0.717, 1.165) is 17.7 Å². The number of carbonyl (C=O) groups is 2. The number of aliphatic carboxylic acids is 1. The number of amides is 1. The number of aryl methyl sites for hydroxylation is 2. The molecule has 0 radical (unpaired) electrons. The molecule has 7 heteroatoms. The first-order valence-electron chi connectivity index (χ1n) is 8.83. The first-order valence-corrected chi connectivity index (χ1v) is 8.83. The van der Waals surface area contributed by atoms with Gasteiger partial charge in [-0.15, -0.1) is 0 Å². The molecular weight excluding hydrogens is 344 g/mol. The van der Waals surface area contributed by atoms with E-state index in [1.807, 2.05) is 42.1 Å². The lowest BCUT2D eigenvalue weighted by atomic mass is 9.76. The number of fused-ring (bicyclic) bond motifs is 1. The predicted octanol–water partition coefficient (Wildman–Crippen LogP) is 2.46. The Morgan fingerprint density at radius 3 is 2.81 bits per heavy atom. The van der Waals surface area contributed by atoms with Gasteiger partial charge in [-0.05, 0) is 48.6 Å². The van der Waals surface area contributed by atoms with Crippen LogP contribution in [0.1, 0.15) is 34.5 Å². The Balaban J connectivity index is 1.66. The molecule has 4 rings (SSSR count). The Morgan fingerprint density at radius 1 is 1.26 bits per heavy atom. The lowest BCUT2D eigenvalue weighted by Gasteiger charge is -2.36. The van der Waals surface area contributed by atoms with Crippen molar-refractivity contribution in [3.05, 3.63) is 65.5 Å². The van der Waals surface area contributed by atoms with Gasteiger partial charge in [0, 0.05) is 13.2 Å². The van der Waals surface area contributed by atoms with Crippen LogP contribution in [0.2, 0.25) is 0 Å². The lowest BCUT2D eigenvalue weighted by Crippen LogP contribution is -2.53. The van der Waals surface area contributed by atoms with Crippen molar-refractivity contribution >= 4 is 11.9 Å². The van der Waals surface area contributed by atoms with Gasteiger partial charge in [-0.3, -0.25) is 9.89 Å². The van der Waals surface area contributed by atoms with Gasteiger partial charge >= 0.3 is 5.97 Å². The molecule has 0 saturated carbocycles. The Bertz CT molecular complexity index is 1020. The number of nitrogens with one attached hydrogen (secondary N) is 2. The van der Waals surface area contributed by atoms with Crippen LogP contribution in [0.4, 0.5) is 0 Å². The zero-order valence-corrected chi connectivity index (χ0v) is 14.9. The summed E-state index contributed by atoms with van der Waals surface area (Å²) in [6.45, 7) is 0. The van der Waals surface area contributed by atoms with Crippen LogP contribution < -0.4 is 5.32 Å². The summed E-state index contributed by atoms with van der Waals surface area (Å²) >= 11 is 0. The summed E-state index contributed by atoms with van der Waals surface area (Å²) in [4.78, 5) is 25.0. The Hall–Kier alpha value is -3.35. The van der Waals surface area contributed by atoms with Crippen molar-refractivity contribution in [2.45, 2.75) is 24.8 Å². The second kappa shape index (κ2) is 6.42. The number of carboxylic acid groups (broad SMARTS) is 1. The van der Waals surface area contributed by atoms with E-state index in [1.54, 1.807) is 18.2 Å². The normalized spacial score (nSPS) is 18.7. The highest BCUT2D eigenvalue weighted by atomic mass is 16.4. The van der Waals surface area contributed by atoms with Crippen LogP contribution in [0.5, 0.6) is 0 Å². The Kier molecular flexibility index (Phi) is 4.07. The van der Waals surface area contributed by atoms with Crippen molar-refractivity contribution in [2.24, 2.45) is 7.05 Å². The molecule has 27 heavy (non-hydrogen) atoms. The Morgan fingerprint density at radius 2 is 2.07 bits per heavy atom. The lowest BCUT2D eigenvalue weighted by molar-refractivity contribution is -0.145. The second-order valence-electron chi connectivity index (χ2n) is 6.85. The number of hydrogen-bond donors (Lipinski definition) is 3. The highest BCUT2D eigenvalue weighted by Crippen LogP contribution is 2.36. The third-order valence-corrected chi connectivity index (χ3v) is 5.20. The van der Waals surface area contributed by atoms with Crippen molar-refractivity contribution in [3.8, 4) is 11.4 Å². The zero-order chi connectivity index (χ0) is 19.0. The van der Waals surface area contributed by atoms with Gasteiger partial charge in [0.1, 0.15) is 11.4 Å². The molecule has 2 heterocycles. The van der Waals surface area contributed by atoms with E-state index in [-0.39, 0.29) is 5.69 Å². The maximum atomic E-state index is 12.8. The molecule has 1 aliphatic carbocycles. The SMILES string of the molecule is Cn1cccc1-c1cc(C(=O)N[C@]2(C(=O)O)CCCc3ccccc32)[nH]n1. The predicted molar refractivity (Wildman–Crippen MR) is 99.2 cm³/mol. The maximum absolute atomic E-state index is 12.8. The van der Waals surface area contributed by atoms with Gasteiger partial charge in [0.05, 0.1) is 5.69 Å². The van der Waals surface area contributed by atoms with E-state index in [4.69, 9.17) is 0 Å². The van der Waals surface area contributed by atoms with E-state index in [9.17, 15) is 14.7 Å². The van der Waals surface area contributed by atoms with E-state index in [0.29, 0.717) is 24.1 Å². The van der Waals surface area contributed by atoms with Crippen LogP contribution in [0.3, 0.4) is 0 Å². The number of rotatable bonds is 4. The fraction of sp³-hybridized carbons (Fsp3) is 0.250. The minimum atomic E-state index is -1.43. The highest BCUT2D eigenvalue weighted by molar-refractivity contribution is 5.97. The number of carbonyl (C=O) groups excluding carboxylic acids is 1. The van der Waals surface area contributed by atoms with E-state index in [2.05, 4.69) is 15.5 Å². The molecule has 0 spiro atoms. The summed E-state index contributed by atoms with van der Waals surface area (Å²) in [5, 5.41) is 19.7. The van der Waals surface area contributed by atoms with Crippen LogP contribution >= 0.6 is 0 Å². The molecule has 2 aromatic heterocycles. The van der Waals surface area contributed by atoms with Gasteiger partial charge < -0.3 is 15.0 Å². The molecular formula is C20H20N4O3. The number of hydrogen-bond acceptors (Lipinski definition) is 3. The standard InChI is InChI=1S/C20H20N4O3/c1-24-11-5-9-17(24)15-12-16(23-22-15)18(25)21-20(19(26)27)10-4-7-13-6-2-3-8-14(13)20/h2-3,5-6,8-9,11-12H,4,7,10H2,1H3,(H,21,25)(H,22,23)(H,26,27)/t20-/m1/s1. The van der Waals surface area contributed by atoms with E-state index < -0.39 is 17.4 Å². The molecule has 0 bridgehead atoms. The molecule has 1 aromatic carbocycles. The van der Waals surface area contributed by atoms with Crippen LogP contribution in [0.25, 0.3) is 11.4 Å². The molecule has 1 amide bonds. The van der Waals surface area contributed by atoms with Crippen LogP contribution in [-0.2, 0) is 23.8 Å². The number of nitrogens with zero attached hydrogens (tertiary/aromatic N) is 2. The number of aromatic amines is 1. The number of aromatic nitrogens is 3. The average Bonchev–Trinajstić information content (AvgIpc) is 3.30. The summed E-state index contributed by atoms with van der Waals surface area (Å²) in [5.41, 5.74) is 1.90. The van der Waals surface area contributed by atoms with Gasteiger partial charge in [0.15, 0.2) is 5.54 Å². The Labute approximate surface area is 156 Å². The van der Waals surface area contributed by atoms with Crippen molar-refractivity contribution in [3.63, 3.8) is 0 Å². The molecule has 3 N–H and O–H groups in total. The topological polar surface area (TPSA) is 100 Å². The molecule has 7 nitrogen and oxygen atoms in total. The summed E-state index contributed by atoms with van der Waals surface area (Å²) < 4.78 is 1.90. The summed E-state index contributed by atoms with van der Waals surface area (Å²) in [5.74, 6) is -1.53. The van der Waals surface area contributed by atoms with Crippen molar-refractivity contribution in [2.75, 3.05) is 0 Å². The molecule has 3 aromatic rings. The van der Waals surface area contributed by atoms with Gasteiger partial charge in [-0.25, -0.2) is 4.79 Å². The monoisotopic (exact) mass is 364 g/mol. The third-order valence-electron chi connectivity index (χ3n) is 5.20. The number of H-pyrrole nitrogens is 1. The molecule has 0 unspecified atom stereocenters. The van der Waals surface area contributed by atoms with Gasteiger partial charge in [-0.2, -0.15) is 5.10 Å². The summed E-state index contributed by atoms with van der Waals surface area (Å²) in [6, 6.07) is 12.8. The van der Waals surface area contributed by atoms with Gasteiger partial charge in [-0.1, -0.05) is 24.3 Å². The zero-order valence-electron chi connectivity index (χ0n) is 14.9. The first kappa shape index (κ1) is 17.1. The highest BCUT2D eigenvalue weighted by Gasteiger charge is 2.45. The fourth-order valence-corrected chi connectivity index (χ4v) is 3.80. The van der Waals surface area contributed by atoms with Crippen molar-refractivity contribution in [1.29, 1.82) is 0 Å². The van der Waals surface area contributed by atoms with E-state index >= 15 is 0 Å². The largest absolute Gasteiger partial charge is 0.479 e. The molecule has 1 aliphatic rings. The van der Waals surface area contributed by atoms with Gasteiger partial charge in [0.25, 0.3) is 5.91 Å². The second-order valence-corrected chi connectivity index (χ2v) is 6.85. The van der Waals surface area contributed by atoms with Crippen molar-refractivity contribution < 1.29 is 14.7 Å². The first-order chi connectivity index (χ1) is 13.0. The summed E-state index contributed by atoms with van der Waals surface area (Å²) in [6.07, 6.45) is 3.75. The minimum absolute atomic E-state index is 0.231. The molecule has 0 fully saturated rings. The van der Waals surface area contributed by atoms with E-state index in [1.165, 1.54) is 0 Å². The average molecular weight is 364 g/mol. The minimum Gasteiger partial charge on any atom is -0.479 e. The van der Waals surface area contributed by atoms with Crippen LogP contribution in [-0.4, -0.2) is 31.7 Å². The number of benzene rings is 1. The van der Waals surface area contributed by atoms with Crippen LogP contribution in [0, 0.1) is 0 Å². The summed E-state index contributed by atoms with van der Waals surface area (Å²) in [7, 11) is 1.89. The number of carboxylic acids is 1. The van der Waals surface area contributed by atoms with Crippen molar-refractivity contribution in [1.82, 2.24) is 20.1 Å². The third kappa shape index (κ3) is 2.81. The maximum Gasteiger partial charge on any atom is 0.334 e. The molecule has 0 saturated heterocycles. The fourth-order valence-electron chi connectivity index (χ4n) is 3.80. The quantitative estimate of drug-likeness (QED) is 0.662. The molecule has 138 valence electrons. The molecule has 1 atom stereocenters. The van der Waals surface area contributed by atoms with Gasteiger partial charge in [0.2, 0.25) is 0 Å². The smallest absolute Gasteiger partial charge is 0.334 e.